The van der Waals surface area contributed by atoms with Crippen LogP contribution in [0, 0.1) is 0 Å². The number of carbonyl (C=O) groups is 1. The summed E-state index contributed by atoms with van der Waals surface area (Å²) in [5.74, 6) is -5.28. The van der Waals surface area contributed by atoms with Crippen molar-refractivity contribution < 1.29 is 18.3 Å². The van der Waals surface area contributed by atoms with E-state index in [-0.39, 0.29) is 19.7 Å². The second-order valence-electron chi connectivity index (χ2n) is 6.90. The number of alkyl halides is 2. The van der Waals surface area contributed by atoms with Gasteiger partial charge in [0, 0.05) is 25.5 Å². The third kappa shape index (κ3) is 5.27. The Labute approximate surface area is 175 Å². The molecule has 2 aromatic carbocycles. The van der Waals surface area contributed by atoms with E-state index in [1.165, 1.54) is 31.5 Å². The lowest BCUT2D eigenvalue weighted by Gasteiger charge is -2.36. The maximum absolute atomic E-state index is 15.5. The topological polar surface area (TPSA) is 42.4 Å². The first-order chi connectivity index (χ1) is 14.5. The van der Waals surface area contributed by atoms with Crippen molar-refractivity contribution in [3.8, 4) is 0 Å². The zero-order valence-electron chi connectivity index (χ0n) is 16.7. The summed E-state index contributed by atoms with van der Waals surface area (Å²) in [5, 5.41) is 0. The summed E-state index contributed by atoms with van der Waals surface area (Å²) >= 11 is 0. The van der Waals surface area contributed by atoms with Crippen molar-refractivity contribution in [2.24, 2.45) is 0 Å². The number of esters is 1. The zero-order valence-corrected chi connectivity index (χ0v) is 16.7. The molecule has 6 heteroatoms. The molecule has 0 aliphatic rings. The molecule has 1 aromatic heterocycles. The molecule has 0 bridgehead atoms. The third-order valence-electron chi connectivity index (χ3n) is 4.73. The number of ether oxygens (including phenoxy) is 1. The number of benzene rings is 2. The minimum atomic E-state index is -3.75. The Morgan fingerprint density at radius 1 is 0.933 bits per heavy atom. The molecule has 0 radical (unpaired) electrons. The van der Waals surface area contributed by atoms with Gasteiger partial charge in [-0.1, -0.05) is 60.7 Å². The number of pyridine rings is 1. The van der Waals surface area contributed by atoms with E-state index in [0.29, 0.717) is 5.56 Å². The Hall–Kier alpha value is -3.12. The van der Waals surface area contributed by atoms with Gasteiger partial charge in [-0.25, -0.2) is 4.79 Å². The van der Waals surface area contributed by atoms with E-state index in [4.69, 9.17) is 4.74 Å². The highest BCUT2D eigenvalue weighted by Crippen LogP contribution is 2.39. The van der Waals surface area contributed by atoms with Crippen LogP contribution in [0.4, 0.5) is 8.78 Å². The molecule has 3 rings (SSSR count). The predicted molar refractivity (Wildman–Crippen MR) is 111 cm³/mol. The SMILES string of the molecule is CCOC(=O)C(F)(F)C(c1ccncc1)N(Cc1ccccc1)Cc1ccccc1. The fraction of sp³-hybridized carbons (Fsp3) is 0.250. The first-order valence-corrected chi connectivity index (χ1v) is 9.79. The number of carbonyl (C=O) groups excluding carboxylic acids is 1. The molecule has 0 fully saturated rings. The van der Waals surface area contributed by atoms with Gasteiger partial charge in [-0.15, -0.1) is 0 Å². The largest absolute Gasteiger partial charge is 0.462 e. The van der Waals surface area contributed by atoms with Crippen molar-refractivity contribution in [3.05, 3.63) is 102 Å². The van der Waals surface area contributed by atoms with Gasteiger partial charge in [-0.05, 0) is 35.7 Å². The molecular weight excluding hydrogens is 386 g/mol. The van der Waals surface area contributed by atoms with Crippen LogP contribution in [0.5, 0.6) is 0 Å². The first kappa shape index (κ1) is 21.6. The zero-order chi connectivity index (χ0) is 21.4. The molecule has 4 nitrogen and oxygen atoms in total. The molecule has 0 saturated carbocycles. The molecule has 1 heterocycles. The minimum absolute atomic E-state index is 0.116. The summed E-state index contributed by atoms with van der Waals surface area (Å²) in [6.07, 6.45) is 2.90. The number of nitrogens with zero attached hydrogens (tertiary/aromatic N) is 2. The van der Waals surface area contributed by atoms with E-state index in [9.17, 15) is 4.79 Å². The first-order valence-electron chi connectivity index (χ1n) is 9.79. The fourth-order valence-electron chi connectivity index (χ4n) is 3.41. The van der Waals surface area contributed by atoms with Gasteiger partial charge < -0.3 is 4.74 Å². The van der Waals surface area contributed by atoms with Crippen molar-refractivity contribution in [2.45, 2.75) is 32.0 Å². The quantitative estimate of drug-likeness (QED) is 0.465. The van der Waals surface area contributed by atoms with Gasteiger partial charge >= 0.3 is 11.9 Å². The molecule has 0 N–H and O–H groups in total. The van der Waals surface area contributed by atoms with Gasteiger partial charge in [-0.3, -0.25) is 9.88 Å². The monoisotopic (exact) mass is 410 g/mol. The van der Waals surface area contributed by atoms with E-state index >= 15 is 8.78 Å². The summed E-state index contributed by atoms with van der Waals surface area (Å²) in [7, 11) is 0. The van der Waals surface area contributed by atoms with E-state index in [1.807, 2.05) is 60.7 Å². The Kier molecular flexibility index (Phi) is 7.25. The van der Waals surface area contributed by atoms with Crippen LogP contribution in [-0.4, -0.2) is 28.4 Å². The normalized spacial score (nSPS) is 12.5. The highest BCUT2D eigenvalue weighted by Gasteiger charge is 2.52. The van der Waals surface area contributed by atoms with Crippen molar-refractivity contribution in [1.29, 1.82) is 0 Å². The second kappa shape index (κ2) is 10.1. The van der Waals surface area contributed by atoms with Crippen LogP contribution < -0.4 is 0 Å². The Morgan fingerprint density at radius 3 is 1.90 bits per heavy atom. The van der Waals surface area contributed by atoms with E-state index < -0.39 is 17.9 Å². The van der Waals surface area contributed by atoms with Gasteiger partial charge in [0.2, 0.25) is 0 Å². The highest BCUT2D eigenvalue weighted by atomic mass is 19.3. The summed E-state index contributed by atoms with van der Waals surface area (Å²) in [4.78, 5) is 17.8. The maximum Gasteiger partial charge on any atom is 0.379 e. The van der Waals surface area contributed by atoms with E-state index in [1.54, 1.807) is 4.90 Å². The summed E-state index contributed by atoms with van der Waals surface area (Å²) in [6, 6.07) is 20.2. The molecule has 0 spiro atoms. The van der Waals surface area contributed by atoms with Crippen LogP contribution in [-0.2, 0) is 22.6 Å². The van der Waals surface area contributed by atoms with Gasteiger partial charge in [0.25, 0.3) is 0 Å². The lowest BCUT2D eigenvalue weighted by molar-refractivity contribution is -0.184. The van der Waals surface area contributed by atoms with Crippen molar-refractivity contribution in [3.63, 3.8) is 0 Å². The maximum atomic E-state index is 15.5. The van der Waals surface area contributed by atoms with Gasteiger partial charge in [0.15, 0.2) is 0 Å². The number of rotatable bonds is 9. The smallest absolute Gasteiger partial charge is 0.379 e. The second-order valence-corrected chi connectivity index (χ2v) is 6.90. The number of hydrogen-bond donors (Lipinski definition) is 0. The molecule has 1 atom stereocenters. The van der Waals surface area contributed by atoms with Gasteiger partial charge in [0.1, 0.15) is 6.04 Å². The van der Waals surface area contributed by atoms with Gasteiger partial charge in [0.05, 0.1) is 6.61 Å². The number of hydrogen-bond acceptors (Lipinski definition) is 4. The average Bonchev–Trinajstić information content (AvgIpc) is 2.76. The molecule has 0 amide bonds. The van der Waals surface area contributed by atoms with Crippen LogP contribution in [0.3, 0.4) is 0 Å². The predicted octanol–water partition coefficient (Wildman–Crippen LogP) is 5.02. The molecule has 0 saturated heterocycles. The molecule has 3 aromatic rings. The lowest BCUT2D eigenvalue weighted by atomic mass is 9.97. The van der Waals surface area contributed by atoms with Crippen LogP contribution >= 0.6 is 0 Å². The fourth-order valence-corrected chi connectivity index (χ4v) is 3.41. The highest BCUT2D eigenvalue weighted by molar-refractivity contribution is 5.79. The molecule has 30 heavy (non-hydrogen) atoms. The van der Waals surface area contributed by atoms with E-state index in [0.717, 1.165) is 11.1 Å². The van der Waals surface area contributed by atoms with Gasteiger partial charge in [-0.2, -0.15) is 8.78 Å². The Morgan fingerprint density at radius 2 is 1.43 bits per heavy atom. The molecule has 1 unspecified atom stereocenters. The Balaban J connectivity index is 2.06. The van der Waals surface area contributed by atoms with E-state index in [2.05, 4.69) is 4.98 Å². The summed E-state index contributed by atoms with van der Waals surface area (Å²) in [5.41, 5.74) is 2.04. The third-order valence-corrected chi connectivity index (χ3v) is 4.73. The lowest BCUT2D eigenvalue weighted by Crippen LogP contribution is -2.46. The molecular formula is C24H24F2N2O2. The number of aromatic nitrogens is 1. The standard InChI is InChI=1S/C24H24F2N2O2/c1-2-30-23(29)24(25,26)22(21-13-15-27-16-14-21)28(17-19-9-5-3-6-10-19)18-20-11-7-4-8-12-20/h3-16,22H,2,17-18H2,1H3. The van der Waals surface area contributed by atoms with Crippen LogP contribution in [0.2, 0.25) is 0 Å². The Bertz CT molecular complexity index is 880. The van der Waals surface area contributed by atoms with Crippen LogP contribution in [0.25, 0.3) is 0 Å². The number of halogens is 2. The van der Waals surface area contributed by atoms with Crippen LogP contribution in [0.1, 0.15) is 29.7 Å². The molecule has 0 aliphatic carbocycles. The molecule has 0 aliphatic heterocycles. The summed E-state index contributed by atoms with van der Waals surface area (Å²) < 4.78 is 35.7. The minimum Gasteiger partial charge on any atom is -0.462 e. The van der Waals surface area contributed by atoms with Crippen molar-refractivity contribution in [1.82, 2.24) is 9.88 Å². The van der Waals surface area contributed by atoms with Crippen molar-refractivity contribution >= 4 is 5.97 Å². The molecule has 156 valence electrons. The van der Waals surface area contributed by atoms with Crippen molar-refractivity contribution in [2.75, 3.05) is 6.61 Å². The van der Waals surface area contributed by atoms with Crippen LogP contribution in [0.15, 0.2) is 85.2 Å². The summed E-state index contributed by atoms with van der Waals surface area (Å²) in [6.45, 7) is 1.87. The average molecular weight is 410 g/mol.